The van der Waals surface area contributed by atoms with Crippen LogP contribution < -0.4 is 5.73 Å². The lowest BCUT2D eigenvalue weighted by atomic mass is 10.1. The second-order valence-electron chi connectivity index (χ2n) is 3.22. The Morgan fingerprint density at radius 1 is 1.46 bits per heavy atom. The number of carboxylic acid groups (broad SMARTS) is 1. The Bertz CT molecular complexity index is 292. The largest absolute Gasteiger partial charge is 0.477 e. The summed E-state index contributed by atoms with van der Waals surface area (Å²) in [5, 5.41) is 8.64. The van der Waals surface area contributed by atoms with E-state index in [0.29, 0.717) is 6.42 Å². The molecule has 4 N–H and O–H groups in total. The maximum atomic E-state index is 10.5. The van der Waals surface area contributed by atoms with Crippen molar-refractivity contribution < 1.29 is 15.6 Å². The van der Waals surface area contributed by atoms with Crippen LogP contribution in [0.25, 0.3) is 0 Å². The molecule has 70 valence electrons. The van der Waals surface area contributed by atoms with E-state index >= 15 is 0 Å². The van der Waals surface area contributed by atoms with E-state index in [0.717, 1.165) is 5.56 Å². The number of carbonyl (C=O) groups is 1. The van der Waals surface area contributed by atoms with Gasteiger partial charge in [-0.2, -0.15) is 0 Å². The van der Waals surface area contributed by atoms with Gasteiger partial charge in [0.15, 0.2) is 6.04 Å². The van der Waals surface area contributed by atoms with Gasteiger partial charge in [-0.1, -0.05) is 29.8 Å². The molecule has 0 aliphatic carbocycles. The van der Waals surface area contributed by atoms with Gasteiger partial charge in [0.1, 0.15) is 0 Å². The fourth-order valence-electron chi connectivity index (χ4n) is 1.10. The second-order valence-corrected chi connectivity index (χ2v) is 3.22. The van der Waals surface area contributed by atoms with Crippen LogP contribution in [0.2, 0.25) is 0 Å². The van der Waals surface area contributed by atoms with Gasteiger partial charge in [-0.15, -0.1) is 0 Å². The monoisotopic (exact) mass is 180 g/mol. The van der Waals surface area contributed by atoms with Gasteiger partial charge in [0.05, 0.1) is 0 Å². The van der Waals surface area contributed by atoms with Crippen molar-refractivity contribution in [2.45, 2.75) is 19.4 Å². The summed E-state index contributed by atoms with van der Waals surface area (Å²) in [4.78, 5) is 10.5. The van der Waals surface area contributed by atoms with Crippen molar-refractivity contribution in [3.63, 3.8) is 0 Å². The molecule has 1 atom stereocenters. The van der Waals surface area contributed by atoms with E-state index in [1.807, 2.05) is 31.2 Å². The summed E-state index contributed by atoms with van der Waals surface area (Å²) < 4.78 is 0. The Kier molecular flexibility index (Phi) is 3.03. The van der Waals surface area contributed by atoms with Crippen molar-refractivity contribution in [2.75, 3.05) is 0 Å². The first-order valence-corrected chi connectivity index (χ1v) is 4.21. The minimum absolute atomic E-state index is 0.496. The molecule has 0 heterocycles. The maximum Gasteiger partial charge on any atom is 0.362 e. The van der Waals surface area contributed by atoms with E-state index < -0.39 is 12.0 Å². The Morgan fingerprint density at radius 3 is 2.46 bits per heavy atom. The topological polar surface area (TPSA) is 64.9 Å². The van der Waals surface area contributed by atoms with Gasteiger partial charge < -0.3 is 10.8 Å². The quantitative estimate of drug-likeness (QED) is 0.699. The van der Waals surface area contributed by atoms with Crippen molar-refractivity contribution in [2.24, 2.45) is 0 Å². The van der Waals surface area contributed by atoms with Crippen molar-refractivity contribution in [1.82, 2.24) is 0 Å². The highest BCUT2D eigenvalue weighted by Crippen LogP contribution is 2.04. The van der Waals surface area contributed by atoms with Crippen LogP contribution in [0.4, 0.5) is 0 Å². The highest BCUT2D eigenvalue weighted by Gasteiger charge is 2.15. The lowest BCUT2D eigenvalue weighted by Crippen LogP contribution is -2.65. The van der Waals surface area contributed by atoms with E-state index in [4.69, 9.17) is 5.11 Å². The molecule has 13 heavy (non-hydrogen) atoms. The molecular weight excluding hydrogens is 166 g/mol. The Hall–Kier alpha value is -1.35. The predicted octanol–water partition coefficient (Wildman–Crippen LogP) is 0.233. The standard InChI is InChI=1S/C10H13NO2/c1-7-2-4-8(5-3-7)6-9(11)10(12)13/h2-5,9H,6,11H2,1H3,(H,12,13)/p+1. The highest BCUT2D eigenvalue weighted by molar-refractivity contribution is 5.71. The minimum atomic E-state index is -0.847. The first-order chi connectivity index (χ1) is 6.09. The minimum Gasteiger partial charge on any atom is -0.477 e. The van der Waals surface area contributed by atoms with Crippen molar-refractivity contribution >= 4 is 5.97 Å². The van der Waals surface area contributed by atoms with Crippen LogP contribution >= 0.6 is 0 Å². The molecule has 1 unspecified atom stereocenters. The summed E-state index contributed by atoms with van der Waals surface area (Å²) in [6.45, 7) is 2.00. The van der Waals surface area contributed by atoms with Crippen molar-refractivity contribution in [3.05, 3.63) is 35.4 Å². The molecule has 1 aromatic rings. The Labute approximate surface area is 77.2 Å². The summed E-state index contributed by atoms with van der Waals surface area (Å²) in [6, 6.07) is 7.28. The van der Waals surface area contributed by atoms with E-state index in [-0.39, 0.29) is 0 Å². The number of benzene rings is 1. The predicted molar refractivity (Wildman–Crippen MR) is 49.2 cm³/mol. The summed E-state index contributed by atoms with van der Waals surface area (Å²) >= 11 is 0. The molecule has 3 heteroatoms. The maximum absolute atomic E-state index is 10.5. The van der Waals surface area contributed by atoms with Crippen LogP contribution in [0, 0.1) is 6.92 Å². The number of aliphatic carboxylic acids is 1. The lowest BCUT2D eigenvalue weighted by molar-refractivity contribution is -0.407. The zero-order chi connectivity index (χ0) is 9.84. The van der Waals surface area contributed by atoms with Gasteiger partial charge in [-0.25, -0.2) is 4.79 Å². The number of carboxylic acids is 1. The van der Waals surface area contributed by atoms with Crippen LogP contribution in [-0.2, 0) is 11.2 Å². The van der Waals surface area contributed by atoms with E-state index in [9.17, 15) is 4.79 Å². The zero-order valence-corrected chi connectivity index (χ0v) is 7.66. The molecule has 0 bridgehead atoms. The van der Waals surface area contributed by atoms with Crippen LogP contribution in [-0.4, -0.2) is 17.1 Å². The fourth-order valence-corrected chi connectivity index (χ4v) is 1.10. The van der Waals surface area contributed by atoms with Gasteiger partial charge >= 0.3 is 5.97 Å². The van der Waals surface area contributed by atoms with Crippen LogP contribution in [0.15, 0.2) is 24.3 Å². The van der Waals surface area contributed by atoms with E-state index in [2.05, 4.69) is 5.73 Å². The SMILES string of the molecule is Cc1ccc(CC([NH3+])C(=O)O)cc1. The van der Waals surface area contributed by atoms with Crippen LogP contribution in [0.1, 0.15) is 11.1 Å². The number of quaternary nitrogens is 1. The molecule has 0 saturated heterocycles. The fraction of sp³-hybridized carbons (Fsp3) is 0.300. The Balaban J connectivity index is 2.64. The molecule has 0 aliphatic rings. The average Bonchev–Trinajstić information content (AvgIpc) is 2.08. The first-order valence-electron chi connectivity index (χ1n) is 4.21. The third-order valence-corrected chi connectivity index (χ3v) is 1.95. The smallest absolute Gasteiger partial charge is 0.362 e. The van der Waals surface area contributed by atoms with E-state index in [1.54, 1.807) is 0 Å². The average molecular weight is 180 g/mol. The van der Waals surface area contributed by atoms with E-state index in [1.165, 1.54) is 5.56 Å². The molecule has 0 amide bonds. The van der Waals surface area contributed by atoms with Gasteiger partial charge in [-0.05, 0) is 12.5 Å². The molecule has 0 spiro atoms. The molecule has 0 radical (unpaired) electrons. The van der Waals surface area contributed by atoms with Crippen LogP contribution in [0.3, 0.4) is 0 Å². The summed E-state index contributed by atoms with van der Waals surface area (Å²) in [6.07, 6.45) is 0.496. The summed E-state index contributed by atoms with van der Waals surface area (Å²) in [5.41, 5.74) is 5.76. The van der Waals surface area contributed by atoms with Gasteiger partial charge in [-0.3, -0.25) is 0 Å². The highest BCUT2D eigenvalue weighted by atomic mass is 16.4. The normalized spacial score (nSPS) is 12.5. The second kappa shape index (κ2) is 4.05. The van der Waals surface area contributed by atoms with Crippen molar-refractivity contribution in [3.8, 4) is 0 Å². The third kappa shape index (κ3) is 2.87. The Morgan fingerprint density at radius 2 is 2.00 bits per heavy atom. The van der Waals surface area contributed by atoms with Gasteiger partial charge in [0.25, 0.3) is 0 Å². The lowest BCUT2D eigenvalue weighted by Gasteiger charge is -2.03. The molecule has 0 fully saturated rings. The molecule has 0 aromatic heterocycles. The zero-order valence-electron chi connectivity index (χ0n) is 7.66. The summed E-state index contributed by atoms with van der Waals surface area (Å²) in [7, 11) is 0. The van der Waals surface area contributed by atoms with Gasteiger partial charge in [0, 0.05) is 6.42 Å². The number of hydrogen-bond acceptors (Lipinski definition) is 1. The molecule has 1 aromatic carbocycles. The molecule has 0 saturated carbocycles. The number of aryl methyl sites for hydroxylation is 1. The number of rotatable bonds is 3. The summed E-state index contributed by atoms with van der Waals surface area (Å²) in [5.74, 6) is -0.847. The van der Waals surface area contributed by atoms with Gasteiger partial charge in [0.2, 0.25) is 0 Å². The molecular formula is C10H14NO2+. The molecule has 3 nitrogen and oxygen atoms in total. The number of hydrogen-bond donors (Lipinski definition) is 2. The van der Waals surface area contributed by atoms with Crippen LogP contribution in [0.5, 0.6) is 0 Å². The first kappa shape index (κ1) is 9.74. The van der Waals surface area contributed by atoms with Crippen molar-refractivity contribution in [1.29, 1.82) is 0 Å². The third-order valence-electron chi connectivity index (χ3n) is 1.95. The molecule has 1 rings (SSSR count). The molecule has 0 aliphatic heterocycles.